The number of aromatic nitrogens is 1. The van der Waals surface area contributed by atoms with Crippen LogP contribution in [-0.4, -0.2) is 47.8 Å². The van der Waals surface area contributed by atoms with E-state index >= 15 is 0 Å². The fraction of sp³-hybridized carbons (Fsp3) is 0.722. The summed E-state index contributed by atoms with van der Waals surface area (Å²) in [4.78, 5) is 6.99. The van der Waals surface area contributed by atoms with Gasteiger partial charge in [0.25, 0.3) is 0 Å². The highest BCUT2D eigenvalue weighted by Crippen LogP contribution is 2.38. The predicted octanol–water partition coefficient (Wildman–Crippen LogP) is 3.54. The van der Waals surface area contributed by atoms with E-state index in [2.05, 4.69) is 9.88 Å². The summed E-state index contributed by atoms with van der Waals surface area (Å²) >= 11 is 6.10. The van der Waals surface area contributed by atoms with Crippen LogP contribution in [0.5, 0.6) is 5.88 Å². The first-order chi connectivity index (χ1) is 11.3. The lowest BCUT2D eigenvalue weighted by Crippen LogP contribution is -2.55. The summed E-state index contributed by atoms with van der Waals surface area (Å²) in [7, 11) is 0. The Hall–Kier alpha value is -0.840. The number of rotatable bonds is 6. The molecule has 0 amide bonds. The van der Waals surface area contributed by atoms with Gasteiger partial charge in [-0.3, -0.25) is 4.90 Å². The van der Waals surface area contributed by atoms with Gasteiger partial charge in [-0.15, -0.1) is 0 Å². The van der Waals surface area contributed by atoms with Crippen molar-refractivity contribution < 1.29 is 9.47 Å². The molecule has 4 rings (SSSR count). The summed E-state index contributed by atoms with van der Waals surface area (Å²) < 4.78 is 11.3. The maximum absolute atomic E-state index is 6.10. The molecule has 0 bridgehead atoms. The number of hydrogen-bond donors (Lipinski definition) is 0. The van der Waals surface area contributed by atoms with Crippen LogP contribution in [0.4, 0.5) is 0 Å². The van der Waals surface area contributed by atoms with Gasteiger partial charge in [0, 0.05) is 18.3 Å². The third-order valence-electron chi connectivity index (χ3n) is 5.43. The number of pyridine rings is 1. The molecule has 1 aliphatic heterocycles. The first-order valence-electron chi connectivity index (χ1n) is 8.90. The van der Waals surface area contributed by atoms with Gasteiger partial charge in [-0.2, -0.15) is 0 Å². The third kappa shape index (κ3) is 3.65. The molecule has 2 aliphatic carbocycles. The quantitative estimate of drug-likeness (QED) is 0.796. The van der Waals surface area contributed by atoms with Gasteiger partial charge in [0.2, 0.25) is 5.88 Å². The number of halogens is 1. The zero-order valence-corrected chi connectivity index (χ0v) is 14.3. The summed E-state index contributed by atoms with van der Waals surface area (Å²) in [6.45, 7) is 2.62. The Balaban J connectivity index is 1.26. The van der Waals surface area contributed by atoms with Crippen molar-refractivity contribution in [1.29, 1.82) is 0 Å². The van der Waals surface area contributed by atoms with Crippen LogP contribution in [0, 0.1) is 5.92 Å². The molecule has 0 N–H and O–H groups in total. The van der Waals surface area contributed by atoms with Gasteiger partial charge < -0.3 is 9.47 Å². The SMILES string of the molecule is Clc1cccnc1OCC1CCC(N(C2CC2)C2COC2)CC1. The molecule has 1 aromatic rings. The highest BCUT2D eigenvalue weighted by atomic mass is 35.5. The van der Waals surface area contributed by atoms with Gasteiger partial charge in [0.15, 0.2) is 0 Å². The van der Waals surface area contributed by atoms with Crippen molar-refractivity contribution in [3.63, 3.8) is 0 Å². The Labute approximate surface area is 143 Å². The molecule has 2 heterocycles. The molecule has 1 saturated heterocycles. The van der Waals surface area contributed by atoms with E-state index in [4.69, 9.17) is 21.1 Å². The first-order valence-corrected chi connectivity index (χ1v) is 9.27. The summed E-state index contributed by atoms with van der Waals surface area (Å²) in [6.07, 6.45) is 9.56. The third-order valence-corrected chi connectivity index (χ3v) is 5.72. The normalized spacial score (nSPS) is 28.6. The van der Waals surface area contributed by atoms with Crippen LogP contribution in [-0.2, 0) is 4.74 Å². The molecule has 2 saturated carbocycles. The molecule has 0 unspecified atom stereocenters. The van der Waals surface area contributed by atoms with E-state index in [1.165, 1.54) is 38.5 Å². The highest BCUT2D eigenvalue weighted by Gasteiger charge is 2.42. The fourth-order valence-electron chi connectivity index (χ4n) is 3.95. The zero-order valence-electron chi connectivity index (χ0n) is 13.5. The van der Waals surface area contributed by atoms with Crippen LogP contribution in [0.1, 0.15) is 38.5 Å². The average molecular weight is 337 g/mol. The van der Waals surface area contributed by atoms with Gasteiger partial charge in [0.05, 0.1) is 25.9 Å². The molecule has 3 fully saturated rings. The monoisotopic (exact) mass is 336 g/mol. The Kier molecular flexibility index (Phi) is 4.74. The van der Waals surface area contributed by atoms with Crippen molar-refractivity contribution >= 4 is 11.6 Å². The molecule has 0 aromatic carbocycles. The Morgan fingerprint density at radius 3 is 2.35 bits per heavy atom. The molecule has 23 heavy (non-hydrogen) atoms. The van der Waals surface area contributed by atoms with Gasteiger partial charge in [-0.05, 0) is 56.6 Å². The Bertz CT molecular complexity index is 526. The second kappa shape index (κ2) is 6.96. The minimum Gasteiger partial charge on any atom is -0.476 e. The zero-order chi connectivity index (χ0) is 15.6. The van der Waals surface area contributed by atoms with E-state index in [0.717, 1.165) is 31.9 Å². The molecule has 1 aromatic heterocycles. The molecule has 4 nitrogen and oxygen atoms in total. The van der Waals surface area contributed by atoms with Crippen molar-refractivity contribution in [2.24, 2.45) is 5.92 Å². The summed E-state index contributed by atoms with van der Waals surface area (Å²) in [5.41, 5.74) is 0. The number of ether oxygens (including phenoxy) is 2. The second-order valence-corrected chi connectivity index (χ2v) is 7.55. The van der Waals surface area contributed by atoms with Gasteiger partial charge in [-0.25, -0.2) is 4.98 Å². The second-order valence-electron chi connectivity index (χ2n) is 7.15. The predicted molar refractivity (Wildman–Crippen MR) is 90.0 cm³/mol. The molecular weight excluding hydrogens is 312 g/mol. The number of nitrogens with zero attached hydrogens (tertiary/aromatic N) is 2. The maximum Gasteiger partial charge on any atom is 0.232 e. The maximum atomic E-state index is 6.10. The van der Waals surface area contributed by atoms with Crippen molar-refractivity contribution in [1.82, 2.24) is 9.88 Å². The van der Waals surface area contributed by atoms with Crippen LogP contribution in [0.15, 0.2) is 18.3 Å². The lowest BCUT2D eigenvalue weighted by molar-refractivity contribution is -0.0896. The van der Waals surface area contributed by atoms with Gasteiger partial charge in [0.1, 0.15) is 5.02 Å². The lowest BCUT2D eigenvalue weighted by Gasteiger charge is -2.45. The molecule has 0 atom stereocenters. The molecule has 0 spiro atoms. The Morgan fingerprint density at radius 1 is 1.09 bits per heavy atom. The number of hydrogen-bond acceptors (Lipinski definition) is 4. The fourth-order valence-corrected chi connectivity index (χ4v) is 4.12. The van der Waals surface area contributed by atoms with Crippen molar-refractivity contribution in [2.75, 3.05) is 19.8 Å². The summed E-state index contributed by atoms with van der Waals surface area (Å²) in [6, 6.07) is 5.94. The van der Waals surface area contributed by atoms with E-state index in [1.54, 1.807) is 6.20 Å². The lowest BCUT2D eigenvalue weighted by atomic mass is 9.85. The molecule has 5 heteroatoms. The molecular formula is C18H25ClN2O2. The van der Waals surface area contributed by atoms with Crippen molar-refractivity contribution in [3.8, 4) is 5.88 Å². The average Bonchev–Trinajstić information content (AvgIpc) is 3.35. The molecule has 126 valence electrons. The van der Waals surface area contributed by atoms with Crippen molar-refractivity contribution in [2.45, 2.75) is 56.7 Å². The van der Waals surface area contributed by atoms with Crippen molar-refractivity contribution in [3.05, 3.63) is 23.4 Å². The topological polar surface area (TPSA) is 34.6 Å². The minimum atomic E-state index is 0.572. The van der Waals surface area contributed by atoms with Crippen LogP contribution in [0.3, 0.4) is 0 Å². The smallest absolute Gasteiger partial charge is 0.232 e. The van der Waals surface area contributed by atoms with Crippen LogP contribution < -0.4 is 4.74 Å². The Morgan fingerprint density at radius 2 is 1.78 bits per heavy atom. The standard InChI is InChI=1S/C18H25ClN2O2/c19-17-2-1-9-20-18(17)23-10-13-3-5-14(6-4-13)21(15-7-8-15)16-11-22-12-16/h1-2,9,13-16H,3-8,10-12H2. The van der Waals surface area contributed by atoms with Crippen LogP contribution >= 0.6 is 11.6 Å². The van der Waals surface area contributed by atoms with E-state index in [0.29, 0.717) is 22.9 Å². The van der Waals surface area contributed by atoms with E-state index < -0.39 is 0 Å². The molecule has 0 radical (unpaired) electrons. The van der Waals surface area contributed by atoms with Crippen LogP contribution in [0.2, 0.25) is 5.02 Å². The first kappa shape index (κ1) is 15.7. The highest BCUT2D eigenvalue weighted by molar-refractivity contribution is 6.31. The van der Waals surface area contributed by atoms with E-state index in [9.17, 15) is 0 Å². The van der Waals surface area contributed by atoms with E-state index in [1.807, 2.05) is 12.1 Å². The largest absolute Gasteiger partial charge is 0.476 e. The molecule has 3 aliphatic rings. The van der Waals surface area contributed by atoms with Crippen LogP contribution in [0.25, 0.3) is 0 Å². The minimum absolute atomic E-state index is 0.572. The van der Waals surface area contributed by atoms with E-state index in [-0.39, 0.29) is 0 Å². The van der Waals surface area contributed by atoms with Gasteiger partial charge >= 0.3 is 0 Å². The van der Waals surface area contributed by atoms with Gasteiger partial charge in [-0.1, -0.05) is 11.6 Å². The summed E-state index contributed by atoms with van der Waals surface area (Å²) in [5, 5.41) is 0.603. The summed E-state index contributed by atoms with van der Waals surface area (Å²) in [5.74, 6) is 1.20.